The van der Waals surface area contributed by atoms with Gasteiger partial charge in [0.1, 0.15) is 0 Å². The van der Waals surface area contributed by atoms with Crippen molar-refractivity contribution in [3.05, 3.63) is 0 Å². The molecule has 1 aliphatic heterocycles. The summed E-state index contributed by atoms with van der Waals surface area (Å²) < 4.78 is 27.7. The highest BCUT2D eigenvalue weighted by molar-refractivity contribution is 7.86. The SMILES string of the molecule is CCCCN(C)S(=O)(=O)N1CCC(CCC)(C(=O)O)CC1. The number of rotatable bonds is 8. The molecule has 1 heterocycles. The van der Waals surface area contributed by atoms with Crippen molar-refractivity contribution in [2.45, 2.75) is 52.4 Å². The van der Waals surface area contributed by atoms with Gasteiger partial charge in [-0.05, 0) is 25.7 Å². The van der Waals surface area contributed by atoms with E-state index in [9.17, 15) is 18.3 Å². The van der Waals surface area contributed by atoms with Crippen molar-refractivity contribution >= 4 is 16.2 Å². The summed E-state index contributed by atoms with van der Waals surface area (Å²) in [7, 11) is -1.86. The van der Waals surface area contributed by atoms with Crippen LogP contribution in [0.1, 0.15) is 52.4 Å². The van der Waals surface area contributed by atoms with Crippen LogP contribution >= 0.6 is 0 Å². The predicted octanol–water partition coefficient (Wildman–Crippen LogP) is 1.93. The van der Waals surface area contributed by atoms with Gasteiger partial charge in [-0.25, -0.2) is 0 Å². The molecule has 1 fully saturated rings. The van der Waals surface area contributed by atoms with Crippen LogP contribution in [0.2, 0.25) is 0 Å². The van der Waals surface area contributed by atoms with Crippen LogP contribution in [0, 0.1) is 5.41 Å². The van der Waals surface area contributed by atoms with Crippen LogP contribution in [-0.4, -0.2) is 54.8 Å². The Labute approximate surface area is 128 Å². The first-order valence-electron chi connectivity index (χ1n) is 7.75. The second kappa shape index (κ2) is 7.56. The lowest BCUT2D eigenvalue weighted by Crippen LogP contribution is -2.50. The van der Waals surface area contributed by atoms with Crippen molar-refractivity contribution in [2.24, 2.45) is 5.41 Å². The maximum atomic E-state index is 12.4. The van der Waals surface area contributed by atoms with E-state index >= 15 is 0 Å². The van der Waals surface area contributed by atoms with Gasteiger partial charge in [0.15, 0.2) is 0 Å². The Morgan fingerprint density at radius 3 is 2.24 bits per heavy atom. The number of carboxylic acids is 1. The van der Waals surface area contributed by atoms with Crippen LogP contribution in [0.15, 0.2) is 0 Å². The molecule has 0 amide bonds. The fourth-order valence-corrected chi connectivity index (χ4v) is 4.29. The van der Waals surface area contributed by atoms with E-state index in [-0.39, 0.29) is 0 Å². The van der Waals surface area contributed by atoms with Crippen molar-refractivity contribution in [1.29, 1.82) is 0 Å². The molecule has 0 saturated carbocycles. The Hall–Kier alpha value is -0.660. The lowest BCUT2D eigenvalue weighted by Gasteiger charge is -2.39. The molecule has 1 saturated heterocycles. The summed E-state index contributed by atoms with van der Waals surface area (Å²) in [6.45, 7) is 5.09. The lowest BCUT2D eigenvalue weighted by molar-refractivity contribution is -0.152. The van der Waals surface area contributed by atoms with E-state index in [1.54, 1.807) is 7.05 Å². The quantitative estimate of drug-likeness (QED) is 0.741. The molecule has 0 aromatic carbocycles. The molecule has 1 N–H and O–H groups in total. The molecule has 7 heteroatoms. The smallest absolute Gasteiger partial charge is 0.309 e. The summed E-state index contributed by atoms with van der Waals surface area (Å²) in [4.78, 5) is 11.5. The van der Waals surface area contributed by atoms with Gasteiger partial charge in [0.2, 0.25) is 0 Å². The molecule has 1 aliphatic rings. The summed E-state index contributed by atoms with van der Waals surface area (Å²) in [6, 6.07) is 0. The van der Waals surface area contributed by atoms with Gasteiger partial charge in [0, 0.05) is 26.7 Å². The summed E-state index contributed by atoms with van der Waals surface area (Å²) in [5, 5.41) is 9.46. The Morgan fingerprint density at radius 2 is 1.81 bits per heavy atom. The number of aliphatic carboxylic acids is 1. The molecule has 0 spiro atoms. The molecule has 6 nitrogen and oxygen atoms in total. The van der Waals surface area contributed by atoms with E-state index in [0.29, 0.717) is 38.9 Å². The van der Waals surface area contributed by atoms with Crippen molar-refractivity contribution < 1.29 is 18.3 Å². The number of unbranched alkanes of at least 4 members (excludes halogenated alkanes) is 1. The topological polar surface area (TPSA) is 77.9 Å². The molecule has 0 atom stereocenters. The molecule has 21 heavy (non-hydrogen) atoms. The summed E-state index contributed by atoms with van der Waals surface area (Å²) >= 11 is 0. The van der Waals surface area contributed by atoms with Crippen LogP contribution in [0.4, 0.5) is 0 Å². The minimum absolute atomic E-state index is 0.297. The molecular weight excluding hydrogens is 292 g/mol. The minimum Gasteiger partial charge on any atom is -0.481 e. The molecule has 1 rings (SSSR count). The van der Waals surface area contributed by atoms with E-state index in [4.69, 9.17) is 0 Å². The molecule has 0 aromatic rings. The number of carbonyl (C=O) groups is 1. The summed E-state index contributed by atoms with van der Waals surface area (Å²) in [5.41, 5.74) is -0.747. The highest BCUT2D eigenvalue weighted by atomic mass is 32.2. The van der Waals surface area contributed by atoms with Gasteiger partial charge in [-0.3, -0.25) is 4.79 Å². The van der Waals surface area contributed by atoms with E-state index in [1.165, 1.54) is 8.61 Å². The zero-order chi connectivity index (χ0) is 16.1. The molecular formula is C14H28N2O4S. The molecule has 0 aromatic heterocycles. The van der Waals surface area contributed by atoms with E-state index < -0.39 is 21.6 Å². The fraction of sp³-hybridized carbons (Fsp3) is 0.929. The number of hydrogen-bond donors (Lipinski definition) is 1. The average Bonchev–Trinajstić information content (AvgIpc) is 2.45. The number of hydrogen-bond acceptors (Lipinski definition) is 3. The van der Waals surface area contributed by atoms with Crippen molar-refractivity contribution in [1.82, 2.24) is 8.61 Å². The summed E-state index contributed by atoms with van der Waals surface area (Å²) in [5.74, 6) is -0.791. The van der Waals surface area contributed by atoms with Crippen LogP contribution < -0.4 is 0 Å². The van der Waals surface area contributed by atoms with Gasteiger partial charge in [-0.15, -0.1) is 0 Å². The Balaban J connectivity index is 2.72. The Bertz CT molecular complexity index is 442. The molecule has 0 aliphatic carbocycles. The Morgan fingerprint density at radius 1 is 1.24 bits per heavy atom. The first-order valence-corrected chi connectivity index (χ1v) is 9.14. The van der Waals surface area contributed by atoms with Crippen LogP contribution in [0.25, 0.3) is 0 Å². The van der Waals surface area contributed by atoms with E-state index in [2.05, 4.69) is 0 Å². The third-order valence-corrected chi connectivity index (χ3v) is 6.40. The van der Waals surface area contributed by atoms with Gasteiger partial charge < -0.3 is 5.11 Å². The number of carboxylic acid groups (broad SMARTS) is 1. The molecule has 0 unspecified atom stereocenters. The average molecular weight is 320 g/mol. The molecule has 0 radical (unpaired) electrons. The Kier molecular flexibility index (Phi) is 6.62. The minimum atomic E-state index is -3.45. The zero-order valence-electron chi connectivity index (χ0n) is 13.3. The highest BCUT2D eigenvalue weighted by Crippen LogP contribution is 2.37. The first kappa shape index (κ1) is 18.4. The molecule has 0 bridgehead atoms. The van der Waals surface area contributed by atoms with E-state index in [0.717, 1.165) is 19.3 Å². The normalized spacial score (nSPS) is 19.8. The number of nitrogens with zero attached hydrogens (tertiary/aromatic N) is 2. The third kappa shape index (κ3) is 4.17. The second-order valence-electron chi connectivity index (χ2n) is 5.92. The van der Waals surface area contributed by atoms with Crippen LogP contribution in [-0.2, 0) is 15.0 Å². The van der Waals surface area contributed by atoms with Gasteiger partial charge in [0.05, 0.1) is 5.41 Å². The third-order valence-electron chi connectivity index (χ3n) is 4.41. The van der Waals surface area contributed by atoms with Crippen molar-refractivity contribution in [3.63, 3.8) is 0 Å². The molecule has 124 valence electrons. The number of piperidine rings is 1. The lowest BCUT2D eigenvalue weighted by atomic mass is 9.75. The fourth-order valence-electron chi connectivity index (χ4n) is 2.89. The monoisotopic (exact) mass is 320 g/mol. The highest BCUT2D eigenvalue weighted by Gasteiger charge is 2.43. The largest absolute Gasteiger partial charge is 0.481 e. The van der Waals surface area contributed by atoms with Crippen LogP contribution in [0.3, 0.4) is 0 Å². The van der Waals surface area contributed by atoms with Gasteiger partial charge in [-0.2, -0.15) is 17.0 Å². The van der Waals surface area contributed by atoms with Crippen LogP contribution in [0.5, 0.6) is 0 Å². The van der Waals surface area contributed by atoms with Crippen molar-refractivity contribution in [2.75, 3.05) is 26.7 Å². The predicted molar refractivity (Wildman–Crippen MR) is 82.2 cm³/mol. The van der Waals surface area contributed by atoms with Gasteiger partial charge in [-0.1, -0.05) is 26.7 Å². The summed E-state index contributed by atoms with van der Waals surface area (Å²) in [6.07, 6.45) is 3.99. The second-order valence-corrected chi connectivity index (χ2v) is 7.95. The van der Waals surface area contributed by atoms with Gasteiger partial charge >= 0.3 is 5.97 Å². The van der Waals surface area contributed by atoms with Crippen molar-refractivity contribution in [3.8, 4) is 0 Å². The maximum absolute atomic E-state index is 12.4. The van der Waals surface area contributed by atoms with Gasteiger partial charge in [0.25, 0.3) is 10.2 Å². The van der Waals surface area contributed by atoms with E-state index in [1.807, 2.05) is 13.8 Å². The standard InChI is InChI=1S/C14H28N2O4S/c1-4-6-10-15(3)21(19,20)16-11-8-14(7-5-2,9-12-16)13(17)18/h4-12H2,1-3H3,(H,17,18). The first-order chi connectivity index (χ1) is 9.80. The zero-order valence-corrected chi connectivity index (χ0v) is 14.2. The maximum Gasteiger partial charge on any atom is 0.309 e.